The molecule has 2 nitrogen and oxygen atoms in total. The average molecular weight is 207 g/mol. The van der Waals surface area contributed by atoms with Gasteiger partial charge in [-0.15, -0.1) is 0 Å². The van der Waals surface area contributed by atoms with Gasteiger partial charge >= 0.3 is 0 Å². The standard InChI is InChI=1S/C10H19F2NO/c11-10(12)8-14-7-4-9-2-1-5-13-6-3-9/h9-10,13H,1-8H2. The molecule has 1 aliphatic heterocycles. The van der Waals surface area contributed by atoms with Crippen molar-refractivity contribution >= 4 is 0 Å². The summed E-state index contributed by atoms with van der Waals surface area (Å²) in [4.78, 5) is 0. The van der Waals surface area contributed by atoms with Crippen LogP contribution in [0.4, 0.5) is 8.78 Å². The monoisotopic (exact) mass is 207 g/mol. The molecule has 0 saturated carbocycles. The largest absolute Gasteiger partial charge is 0.376 e. The molecule has 1 unspecified atom stereocenters. The van der Waals surface area contributed by atoms with E-state index < -0.39 is 13.0 Å². The van der Waals surface area contributed by atoms with Gasteiger partial charge in [-0.25, -0.2) is 8.78 Å². The minimum Gasteiger partial charge on any atom is -0.376 e. The van der Waals surface area contributed by atoms with Crippen LogP contribution >= 0.6 is 0 Å². The van der Waals surface area contributed by atoms with Crippen LogP contribution in [0.15, 0.2) is 0 Å². The summed E-state index contributed by atoms with van der Waals surface area (Å²) in [7, 11) is 0. The lowest BCUT2D eigenvalue weighted by Gasteiger charge is -2.13. The number of alkyl halides is 2. The number of halogens is 2. The molecule has 1 N–H and O–H groups in total. The van der Waals surface area contributed by atoms with Crippen molar-refractivity contribution in [1.82, 2.24) is 5.32 Å². The smallest absolute Gasteiger partial charge is 0.261 e. The van der Waals surface area contributed by atoms with Crippen molar-refractivity contribution in [3.8, 4) is 0 Å². The van der Waals surface area contributed by atoms with Gasteiger partial charge in [0.05, 0.1) is 0 Å². The molecule has 84 valence electrons. The van der Waals surface area contributed by atoms with E-state index in [0.29, 0.717) is 12.5 Å². The predicted octanol–water partition coefficient (Wildman–Crippen LogP) is 2.05. The molecule has 0 bridgehead atoms. The Morgan fingerprint density at radius 3 is 2.93 bits per heavy atom. The summed E-state index contributed by atoms with van der Waals surface area (Å²) in [6.07, 6.45) is 2.14. The number of rotatable bonds is 5. The van der Waals surface area contributed by atoms with Crippen molar-refractivity contribution in [3.63, 3.8) is 0 Å². The van der Waals surface area contributed by atoms with E-state index in [1.165, 1.54) is 12.8 Å². The third-order valence-electron chi connectivity index (χ3n) is 2.61. The number of nitrogens with one attached hydrogen (secondary N) is 1. The Labute approximate surface area is 84.0 Å². The number of ether oxygens (including phenoxy) is 1. The fourth-order valence-electron chi connectivity index (χ4n) is 1.80. The highest BCUT2D eigenvalue weighted by molar-refractivity contribution is 4.66. The van der Waals surface area contributed by atoms with E-state index in [0.717, 1.165) is 25.9 Å². The highest BCUT2D eigenvalue weighted by Gasteiger charge is 2.11. The van der Waals surface area contributed by atoms with E-state index in [1.54, 1.807) is 0 Å². The van der Waals surface area contributed by atoms with Gasteiger partial charge in [0.25, 0.3) is 6.43 Å². The minimum absolute atomic E-state index is 0.412. The first-order valence-electron chi connectivity index (χ1n) is 5.35. The zero-order valence-electron chi connectivity index (χ0n) is 8.48. The molecular formula is C10H19F2NO. The number of hydrogen-bond acceptors (Lipinski definition) is 2. The lowest BCUT2D eigenvalue weighted by molar-refractivity contribution is 0.0125. The van der Waals surface area contributed by atoms with E-state index in [4.69, 9.17) is 4.74 Å². The molecule has 1 atom stereocenters. The zero-order chi connectivity index (χ0) is 10.2. The van der Waals surface area contributed by atoms with Crippen molar-refractivity contribution in [2.75, 3.05) is 26.3 Å². The maximum absolute atomic E-state index is 11.7. The Balaban J connectivity index is 1.99. The van der Waals surface area contributed by atoms with Crippen molar-refractivity contribution in [1.29, 1.82) is 0 Å². The lowest BCUT2D eigenvalue weighted by Crippen LogP contribution is -2.14. The Hall–Kier alpha value is -0.220. The van der Waals surface area contributed by atoms with Crippen LogP contribution in [-0.4, -0.2) is 32.7 Å². The molecule has 1 saturated heterocycles. The van der Waals surface area contributed by atoms with E-state index in [1.807, 2.05) is 0 Å². The van der Waals surface area contributed by atoms with Gasteiger partial charge < -0.3 is 10.1 Å². The predicted molar refractivity (Wildman–Crippen MR) is 51.7 cm³/mol. The van der Waals surface area contributed by atoms with Crippen molar-refractivity contribution < 1.29 is 13.5 Å². The molecule has 0 aliphatic carbocycles. The van der Waals surface area contributed by atoms with Gasteiger partial charge in [-0.3, -0.25) is 0 Å². The Morgan fingerprint density at radius 2 is 2.14 bits per heavy atom. The summed E-state index contributed by atoms with van der Waals surface area (Å²) in [5.74, 6) is 0.655. The van der Waals surface area contributed by atoms with Crippen LogP contribution in [0.5, 0.6) is 0 Å². The van der Waals surface area contributed by atoms with Gasteiger partial charge in [0, 0.05) is 6.61 Å². The molecule has 0 radical (unpaired) electrons. The molecule has 1 aliphatic rings. The molecule has 1 rings (SSSR count). The van der Waals surface area contributed by atoms with Gasteiger partial charge in [0.15, 0.2) is 0 Å². The molecular weight excluding hydrogens is 188 g/mol. The maximum Gasteiger partial charge on any atom is 0.261 e. The highest BCUT2D eigenvalue weighted by atomic mass is 19.3. The molecule has 0 aromatic rings. The Kier molecular flexibility index (Phi) is 6.03. The molecule has 0 spiro atoms. The molecule has 4 heteroatoms. The van der Waals surface area contributed by atoms with Crippen molar-refractivity contribution in [3.05, 3.63) is 0 Å². The second kappa shape index (κ2) is 7.12. The van der Waals surface area contributed by atoms with Crippen LogP contribution in [-0.2, 0) is 4.74 Å². The number of hydrogen-bond donors (Lipinski definition) is 1. The topological polar surface area (TPSA) is 21.3 Å². The summed E-state index contributed by atoms with van der Waals surface area (Å²) < 4.78 is 28.3. The molecule has 0 amide bonds. The first kappa shape index (κ1) is 11.9. The second-order valence-corrected chi connectivity index (χ2v) is 3.80. The molecule has 0 aromatic heterocycles. The first-order valence-corrected chi connectivity index (χ1v) is 5.35. The van der Waals surface area contributed by atoms with E-state index >= 15 is 0 Å². The van der Waals surface area contributed by atoms with Gasteiger partial charge in [-0.1, -0.05) is 0 Å². The van der Waals surface area contributed by atoms with Gasteiger partial charge in [0.2, 0.25) is 0 Å². The summed E-state index contributed by atoms with van der Waals surface area (Å²) in [5, 5.41) is 3.33. The maximum atomic E-state index is 11.7. The van der Waals surface area contributed by atoms with Crippen LogP contribution in [0.2, 0.25) is 0 Å². The summed E-state index contributed by atoms with van der Waals surface area (Å²) in [6, 6.07) is 0. The lowest BCUT2D eigenvalue weighted by atomic mass is 9.97. The summed E-state index contributed by atoms with van der Waals surface area (Å²) in [5.41, 5.74) is 0. The average Bonchev–Trinajstić information content (AvgIpc) is 2.40. The van der Waals surface area contributed by atoms with Crippen LogP contribution in [0, 0.1) is 5.92 Å². The third kappa shape index (κ3) is 5.50. The van der Waals surface area contributed by atoms with E-state index in [-0.39, 0.29) is 0 Å². The van der Waals surface area contributed by atoms with Crippen LogP contribution in [0.1, 0.15) is 25.7 Å². The Morgan fingerprint density at radius 1 is 1.29 bits per heavy atom. The van der Waals surface area contributed by atoms with Crippen LogP contribution in [0.25, 0.3) is 0 Å². The molecule has 1 heterocycles. The van der Waals surface area contributed by atoms with Gasteiger partial charge in [-0.2, -0.15) is 0 Å². The van der Waals surface area contributed by atoms with Gasteiger partial charge in [-0.05, 0) is 44.7 Å². The van der Waals surface area contributed by atoms with E-state index in [2.05, 4.69) is 5.32 Å². The van der Waals surface area contributed by atoms with Crippen LogP contribution in [0.3, 0.4) is 0 Å². The SMILES string of the molecule is FC(F)COCCC1CCCNCC1. The summed E-state index contributed by atoms with van der Waals surface area (Å²) in [6.45, 7) is 2.22. The van der Waals surface area contributed by atoms with Crippen molar-refractivity contribution in [2.45, 2.75) is 32.1 Å². The van der Waals surface area contributed by atoms with Crippen molar-refractivity contribution in [2.24, 2.45) is 5.92 Å². The van der Waals surface area contributed by atoms with Crippen LogP contribution < -0.4 is 5.32 Å². The summed E-state index contributed by atoms with van der Waals surface area (Å²) >= 11 is 0. The first-order chi connectivity index (χ1) is 6.79. The minimum atomic E-state index is -2.33. The zero-order valence-corrected chi connectivity index (χ0v) is 8.48. The fraction of sp³-hybridized carbons (Fsp3) is 1.00. The Bertz CT molecular complexity index is 136. The quantitative estimate of drug-likeness (QED) is 0.697. The molecule has 1 fully saturated rings. The normalized spacial score (nSPS) is 23.8. The highest BCUT2D eigenvalue weighted by Crippen LogP contribution is 2.17. The molecule has 14 heavy (non-hydrogen) atoms. The van der Waals surface area contributed by atoms with E-state index in [9.17, 15) is 8.78 Å². The third-order valence-corrected chi connectivity index (χ3v) is 2.61. The second-order valence-electron chi connectivity index (χ2n) is 3.80. The van der Waals surface area contributed by atoms with Gasteiger partial charge in [0.1, 0.15) is 6.61 Å². The fourth-order valence-corrected chi connectivity index (χ4v) is 1.80. The molecule has 0 aromatic carbocycles.